The molecule has 182 valence electrons. The van der Waals surface area contributed by atoms with Crippen LogP contribution in [0.2, 0.25) is 0 Å². The highest BCUT2D eigenvalue weighted by molar-refractivity contribution is 5.81. The molecule has 4 aliphatic rings. The molecule has 2 heterocycles. The number of nitrogens with two attached hydrogens (primary N) is 2. The Kier molecular flexibility index (Phi) is 8.09. The van der Waals surface area contributed by atoms with Crippen molar-refractivity contribution < 1.29 is 9.59 Å². The van der Waals surface area contributed by atoms with E-state index in [9.17, 15) is 9.59 Å². The van der Waals surface area contributed by atoms with Crippen molar-refractivity contribution in [2.75, 3.05) is 26.2 Å². The lowest BCUT2D eigenvalue weighted by Gasteiger charge is -2.47. The summed E-state index contributed by atoms with van der Waals surface area (Å²) in [7, 11) is 0. The van der Waals surface area contributed by atoms with Gasteiger partial charge >= 0.3 is 12.1 Å². The number of amides is 4. The number of carbonyl (C=O) groups excluding carboxylic acids is 2. The SMILES string of the molecule is NC1CCC(N(C(=O)NC2CCNC2)N(C(=O)NC2CCNC2)C2CCC(N)CC2)CC1. The van der Waals surface area contributed by atoms with Crippen molar-refractivity contribution in [3.63, 3.8) is 0 Å². The van der Waals surface area contributed by atoms with Gasteiger partial charge in [-0.05, 0) is 77.3 Å². The molecule has 0 bridgehead atoms. The van der Waals surface area contributed by atoms with Gasteiger partial charge in [0.1, 0.15) is 0 Å². The minimum atomic E-state index is -0.159. The Balaban J connectivity index is 1.57. The van der Waals surface area contributed by atoms with Crippen LogP contribution in [0.5, 0.6) is 0 Å². The van der Waals surface area contributed by atoms with Crippen molar-refractivity contribution in [2.45, 2.75) is 100 Å². The second-order valence-electron chi connectivity index (χ2n) is 10.1. The third-order valence-electron chi connectivity index (χ3n) is 7.60. The molecular weight excluding hydrogens is 408 g/mol. The molecule has 0 aromatic rings. The first-order valence-electron chi connectivity index (χ1n) is 12.6. The lowest BCUT2D eigenvalue weighted by Crippen LogP contribution is -2.65. The highest BCUT2D eigenvalue weighted by atomic mass is 16.2. The van der Waals surface area contributed by atoms with Crippen LogP contribution in [-0.2, 0) is 0 Å². The molecule has 0 radical (unpaired) electrons. The van der Waals surface area contributed by atoms with Crippen LogP contribution in [0.25, 0.3) is 0 Å². The molecule has 2 saturated carbocycles. The Morgan fingerprint density at radius 3 is 1.31 bits per heavy atom. The molecule has 2 aliphatic carbocycles. The smallest absolute Gasteiger partial charge is 0.332 e. The van der Waals surface area contributed by atoms with E-state index >= 15 is 0 Å². The molecule has 4 rings (SSSR count). The zero-order valence-corrected chi connectivity index (χ0v) is 19.2. The van der Waals surface area contributed by atoms with Crippen molar-refractivity contribution >= 4 is 12.1 Å². The standard InChI is InChI=1S/C22H42N8O2/c23-15-1-5-19(6-2-15)29(21(31)27-17-9-11-25-13-17)30(20-7-3-16(24)4-8-20)22(32)28-18-10-12-26-14-18/h15-20,25-26H,1-14,23-24H2,(H,27,31)(H,28,32). The van der Waals surface area contributed by atoms with Gasteiger partial charge in [-0.1, -0.05) is 0 Å². The first-order chi connectivity index (χ1) is 15.5. The summed E-state index contributed by atoms with van der Waals surface area (Å²) in [6.45, 7) is 3.35. The van der Waals surface area contributed by atoms with Crippen LogP contribution in [-0.4, -0.2) is 84.5 Å². The Morgan fingerprint density at radius 1 is 0.625 bits per heavy atom. The quantitative estimate of drug-likeness (QED) is 0.338. The zero-order chi connectivity index (χ0) is 22.5. The van der Waals surface area contributed by atoms with E-state index in [1.54, 1.807) is 10.0 Å². The number of hydrogen-bond acceptors (Lipinski definition) is 6. The summed E-state index contributed by atoms with van der Waals surface area (Å²) < 4.78 is 0. The van der Waals surface area contributed by atoms with Crippen LogP contribution in [0.3, 0.4) is 0 Å². The number of nitrogens with zero attached hydrogens (tertiary/aromatic N) is 2. The van der Waals surface area contributed by atoms with Gasteiger partial charge in [-0.3, -0.25) is 0 Å². The average molecular weight is 451 g/mol. The monoisotopic (exact) mass is 450 g/mol. The molecule has 0 aromatic carbocycles. The van der Waals surface area contributed by atoms with Gasteiger partial charge in [0, 0.05) is 37.3 Å². The van der Waals surface area contributed by atoms with Gasteiger partial charge in [0.2, 0.25) is 0 Å². The maximum Gasteiger partial charge on any atom is 0.336 e. The Bertz CT molecular complexity index is 567. The average Bonchev–Trinajstić information content (AvgIpc) is 3.48. The summed E-state index contributed by atoms with van der Waals surface area (Å²) in [5.41, 5.74) is 12.3. The molecule has 32 heavy (non-hydrogen) atoms. The summed E-state index contributed by atoms with van der Waals surface area (Å²) in [4.78, 5) is 27.3. The molecule has 8 N–H and O–H groups in total. The molecule has 2 aliphatic heterocycles. The van der Waals surface area contributed by atoms with Crippen molar-refractivity contribution in [1.29, 1.82) is 0 Å². The fraction of sp³-hybridized carbons (Fsp3) is 0.909. The van der Waals surface area contributed by atoms with Gasteiger partial charge in [-0.2, -0.15) is 0 Å². The molecular formula is C22H42N8O2. The second-order valence-corrected chi connectivity index (χ2v) is 10.1. The lowest BCUT2D eigenvalue weighted by atomic mass is 9.90. The topological polar surface area (TPSA) is 141 Å². The van der Waals surface area contributed by atoms with E-state index < -0.39 is 0 Å². The molecule has 2 atom stereocenters. The summed E-state index contributed by atoms with van der Waals surface area (Å²) in [6.07, 6.45) is 8.58. The van der Waals surface area contributed by atoms with E-state index in [-0.39, 0.29) is 48.3 Å². The van der Waals surface area contributed by atoms with Gasteiger partial charge in [0.15, 0.2) is 0 Å². The lowest BCUT2D eigenvalue weighted by molar-refractivity contribution is -0.0377. The van der Waals surface area contributed by atoms with Gasteiger partial charge in [0.05, 0.1) is 12.1 Å². The largest absolute Gasteiger partial charge is 0.336 e. The number of carbonyl (C=O) groups is 2. The minimum absolute atomic E-state index is 0.0211. The molecule has 2 saturated heterocycles. The summed E-state index contributed by atoms with van der Waals surface area (Å²) in [5.74, 6) is 0. The van der Waals surface area contributed by atoms with E-state index in [1.807, 2.05) is 0 Å². The number of urea groups is 2. The Hall–Kier alpha value is -1.62. The van der Waals surface area contributed by atoms with Crippen LogP contribution in [0.15, 0.2) is 0 Å². The number of rotatable bonds is 4. The highest BCUT2D eigenvalue weighted by Crippen LogP contribution is 2.29. The highest BCUT2D eigenvalue weighted by Gasteiger charge is 2.40. The van der Waals surface area contributed by atoms with E-state index in [4.69, 9.17) is 11.5 Å². The number of hydrazine groups is 1. The Morgan fingerprint density at radius 2 is 1.00 bits per heavy atom. The van der Waals surface area contributed by atoms with Crippen molar-refractivity contribution in [3.8, 4) is 0 Å². The van der Waals surface area contributed by atoms with Gasteiger partial charge in [0.25, 0.3) is 0 Å². The maximum absolute atomic E-state index is 13.7. The first kappa shape index (κ1) is 23.5. The fourth-order valence-corrected chi connectivity index (χ4v) is 5.61. The molecule has 0 aromatic heterocycles. The van der Waals surface area contributed by atoms with Crippen LogP contribution >= 0.6 is 0 Å². The second kappa shape index (κ2) is 11.0. The summed E-state index contributed by atoms with van der Waals surface area (Å²) >= 11 is 0. The summed E-state index contributed by atoms with van der Waals surface area (Å²) in [6, 6.07) is 0.186. The van der Waals surface area contributed by atoms with Crippen molar-refractivity contribution in [3.05, 3.63) is 0 Å². The van der Waals surface area contributed by atoms with Gasteiger partial charge in [-0.25, -0.2) is 19.6 Å². The molecule has 10 heteroatoms. The van der Waals surface area contributed by atoms with Gasteiger partial charge < -0.3 is 32.7 Å². The van der Waals surface area contributed by atoms with Crippen LogP contribution in [0, 0.1) is 0 Å². The van der Waals surface area contributed by atoms with Crippen LogP contribution in [0.1, 0.15) is 64.2 Å². The Labute approximate surface area is 191 Å². The third kappa shape index (κ3) is 5.84. The number of nitrogens with one attached hydrogen (secondary N) is 4. The van der Waals surface area contributed by atoms with Crippen LogP contribution in [0.4, 0.5) is 9.59 Å². The molecule has 10 nitrogen and oxygen atoms in total. The summed E-state index contributed by atoms with van der Waals surface area (Å²) in [5, 5.41) is 16.5. The normalized spacial score (nSPS) is 35.3. The maximum atomic E-state index is 13.7. The van der Waals surface area contributed by atoms with E-state index in [0.29, 0.717) is 0 Å². The predicted octanol–water partition coefficient (Wildman–Crippen LogP) is 0.188. The number of hydrogen-bond donors (Lipinski definition) is 6. The fourth-order valence-electron chi connectivity index (χ4n) is 5.61. The van der Waals surface area contributed by atoms with Crippen molar-refractivity contribution in [2.24, 2.45) is 11.5 Å². The van der Waals surface area contributed by atoms with E-state index in [2.05, 4.69) is 21.3 Å². The van der Waals surface area contributed by atoms with Crippen LogP contribution < -0.4 is 32.7 Å². The van der Waals surface area contributed by atoms with E-state index in [1.165, 1.54) is 0 Å². The minimum Gasteiger partial charge on any atom is -0.332 e. The molecule has 4 amide bonds. The molecule has 0 spiro atoms. The van der Waals surface area contributed by atoms with E-state index in [0.717, 1.165) is 90.4 Å². The first-order valence-corrected chi connectivity index (χ1v) is 12.6. The zero-order valence-electron chi connectivity index (χ0n) is 19.2. The van der Waals surface area contributed by atoms with Crippen molar-refractivity contribution in [1.82, 2.24) is 31.3 Å². The molecule has 2 unspecified atom stereocenters. The molecule has 4 fully saturated rings. The third-order valence-corrected chi connectivity index (χ3v) is 7.60. The van der Waals surface area contributed by atoms with Gasteiger partial charge in [-0.15, -0.1) is 0 Å². The predicted molar refractivity (Wildman–Crippen MR) is 124 cm³/mol.